The molecule has 0 unspecified atom stereocenters. The van der Waals surface area contributed by atoms with Crippen LogP contribution in [0.5, 0.6) is 0 Å². The number of thiophene rings is 1. The Morgan fingerprint density at radius 3 is 2.69 bits per heavy atom. The van der Waals surface area contributed by atoms with Crippen LogP contribution in [-0.4, -0.2) is 60.1 Å². The summed E-state index contributed by atoms with van der Waals surface area (Å²) in [6, 6.07) is 10.6. The first-order valence-electron chi connectivity index (χ1n) is 11.6. The summed E-state index contributed by atoms with van der Waals surface area (Å²) in [5.74, 6) is -0.121. The minimum Gasteiger partial charge on any atom is -0.379 e. The number of nitrogens with zero attached hydrogens (tertiary/aromatic N) is 4. The molecule has 2 aromatic carbocycles. The summed E-state index contributed by atoms with van der Waals surface area (Å²) >= 11 is 2.89. The number of morpholine rings is 1. The van der Waals surface area contributed by atoms with Crippen LogP contribution in [0.2, 0.25) is 0 Å². The van der Waals surface area contributed by atoms with Crippen LogP contribution in [0.25, 0.3) is 20.3 Å². The average Bonchev–Trinajstić information content (AvgIpc) is 3.49. The first-order chi connectivity index (χ1) is 16.9. The molecule has 35 heavy (non-hydrogen) atoms. The second-order valence-electron chi connectivity index (χ2n) is 8.70. The van der Waals surface area contributed by atoms with E-state index in [9.17, 15) is 14.9 Å². The topological polar surface area (TPSA) is 88.8 Å². The number of non-ortho nitro benzene ring substituents is 1. The Kier molecular flexibility index (Phi) is 6.79. The number of rotatable bonds is 7. The zero-order valence-corrected chi connectivity index (χ0v) is 21.3. The Balaban J connectivity index is 1.46. The standard InChI is InChI=1S/C25H26N4O4S2/c1-16-4-6-21-23(17(16)2)26-25(35-21)28(9-3-8-27-10-12-33-13-11-27)24(30)22-15-18-14-19(29(31)32)5-7-20(18)34-22/h4-7,14-15H,3,8-13H2,1-2H3. The van der Waals surface area contributed by atoms with Gasteiger partial charge in [-0.3, -0.25) is 24.7 Å². The van der Waals surface area contributed by atoms with E-state index in [2.05, 4.69) is 30.9 Å². The second kappa shape index (κ2) is 9.98. The Hall–Kier alpha value is -2.92. The molecular weight excluding hydrogens is 484 g/mol. The predicted molar refractivity (Wildman–Crippen MR) is 141 cm³/mol. The van der Waals surface area contributed by atoms with Gasteiger partial charge in [0.05, 0.1) is 33.2 Å². The number of carbonyl (C=O) groups is 1. The van der Waals surface area contributed by atoms with E-state index in [4.69, 9.17) is 9.72 Å². The number of benzene rings is 2. The molecule has 1 aliphatic heterocycles. The number of hydrogen-bond donors (Lipinski definition) is 0. The van der Waals surface area contributed by atoms with Gasteiger partial charge in [-0.1, -0.05) is 17.4 Å². The zero-order valence-electron chi connectivity index (χ0n) is 19.7. The summed E-state index contributed by atoms with van der Waals surface area (Å²) in [5.41, 5.74) is 3.25. The van der Waals surface area contributed by atoms with Crippen LogP contribution in [0.4, 0.5) is 10.8 Å². The third kappa shape index (κ3) is 4.92. The van der Waals surface area contributed by atoms with Crippen LogP contribution < -0.4 is 4.90 Å². The summed E-state index contributed by atoms with van der Waals surface area (Å²) in [5, 5.41) is 12.6. The maximum atomic E-state index is 13.8. The highest BCUT2D eigenvalue weighted by atomic mass is 32.1. The predicted octanol–water partition coefficient (Wildman–Crippen LogP) is 5.41. The lowest BCUT2D eigenvalue weighted by molar-refractivity contribution is -0.384. The minimum absolute atomic E-state index is 0.0219. The Morgan fingerprint density at radius 2 is 1.91 bits per heavy atom. The SMILES string of the molecule is Cc1ccc2sc(N(CCCN3CCOCC3)C(=O)c3cc4cc([N+](=O)[O-])ccc4s3)nc2c1C. The van der Waals surface area contributed by atoms with Crippen molar-refractivity contribution < 1.29 is 14.5 Å². The number of nitro benzene ring substituents is 1. The molecule has 1 aliphatic rings. The average molecular weight is 511 g/mol. The van der Waals surface area contributed by atoms with Gasteiger partial charge in [-0.25, -0.2) is 4.98 Å². The fourth-order valence-corrected chi connectivity index (χ4v) is 6.32. The molecule has 0 radical (unpaired) electrons. The lowest BCUT2D eigenvalue weighted by atomic mass is 10.1. The molecule has 5 rings (SSSR count). The first kappa shape index (κ1) is 23.8. The molecule has 1 saturated heterocycles. The number of thiazole rings is 1. The van der Waals surface area contributed by atoms with Crippen molar-refractivity contribution in [3.63, 3.8) is 0 Å². The number of amides is 1. The number of aromatic nitrogens is 1. The third-order valence-corrected chi connectivity index (χ3v) is 8.58. The van der Waals surface area contributed by atoms with Crippen molar-refractivity contribution in [3.05, 3.63) is 62.5 Å². The minimum atomic E-state index is -0.415. The highest BCUT2D eigenvalue weighted by Crippen LogP contribution is 2.35. The Labute approximate surface area is 210 Å². The number of nitro groups is 1. The molecule has 2 aromatic heterocycles. The Bertz CT molecular complexity index is 1410. The maximum absolute atomic E-state index is 13.8. The molecule has 8 nitrogen and oxygen atoms in total. The van der Waals surface area contributed by atoms with E-state index in [0.717, 1.165) is 59.7 Å². The molecular formula is C25H26N4O4S2. The lowest BCUT2D eigenvalue weighted by Crippen LogP contribution is -2.39. The fraction of sp³-hybridized carbons (Fsp3) is 0.360. The molecule has 0 aliphatic carbocycles. The van der Waals surface area contributed by atoms with Crippen LogP contribution in [0.1, 0.15) is 27.2 Å². The summed E-state index contributed by atoms with van der Waals surface area (Å²) in [7, 11) is 0. The van der Waals surface area contributed by atoms with Gasteiger partial charge in [0.15, 0.2) is 5.13 Å². The van der Waals surface area contributed by atoms with Gasteiger partial charge in [0.1, 0.15) is 0 Å². The van der Waals surface area contributed by atoms with Crippen LogP contribution in [0.15, 0.2) is 36.4 Å². The van der Waals surface area contributed by atoms with E-state index in [-0.39, 0.29) is 11.6 Å². The normalized spacial score (nSPS) is 14.6. The number of fused-ring (bicyclic) bond motifs is 2. The monoisotopic (exact) mass is 510 g/mol. The smallest absolute Gasteiger partial charge is 0.270 e. The van der Waals surface area contributed by atoms with Crippen molar-refractivity contribution in [2.24, 2.45) is 0 Å². The second-order valence-corrected chi connectivity index (χ2v) is 10.8. The van der Waals surface area contributed by atoms with Gasteiger partial charge < -0.3 is 4.74 Å². The number of aryl methyl sites for hydroxylation is 2. The molecule has 10 heteroatoms. The summed E-state index contributed by atoms with van der Waals surface area (Å²) in [6.45, 7) is 8.85. The van der Waals surface area contributed by atoms with E-state index in [1.54, 1.807) is 17.0 Å². The molecule has 1 fully saturated rings. The Morgan fingerprint density at radius 1 is 1.14 bits per heavy atom. The van der Waals surface area contributed by atoms with Gasteiger partial charge in [-0.15, -0.1) is 11.3 Å². The fourth-order valence-electron chi connectivity index (χ4n) is 4.27. The van der Waals surface area contributed by atoms with Crippen molar-refractivity contribution in [1.82, 2.24) is 9.88 Å². The molecule has 0 atom stereocenters. The van der Waals surface area contributed by atoms with E-state index >= 15 is 0 Å². The van der Waals surface area contributed by atoms with Gasteiger partial charge in [-0.2, -0.15) is 0 Å². The van der Waals surface area contributed by atoms with Gasteiger partial charge >= 0.3 is 0 Å². The number of ether oxygens (including phenoxy) is 1. The molecule has 1 amide bonds. The van der Waals surface area contributed by atoms with Crippen LogP contribution >= 0.6 is 22.7 Å². The van der Waals surface area contributed by atoms with E-state index in [0.29, 0.717) is 21.9 Å². The van der Waals surface area contributed by atoms with Crippen LogP contribution in [0, 0.1) is 24.0 Å². The molecule has 182 valence electrons. The van der Waals surface area contributed by atoms with E-state index in [1.807, 2.05) is 0 Å². The molecule has 0 spiro atoms. The number of carbonyl (C=O) groups excluding carboxylic acids is 1. The van der Waals surface area contributed by atoms with Crippen molar-refractivity contribution in [1.29, 1.82) is 0 Å². The van der Waals surface area contributed by atoms with Gasteiger partial charge in [-0.05, 0) is 49.6 Å². The van der Waals surface area contributed by atoms with Crippen LogP contribution in [0.3, 0.4) is 0 Å². The molecule has 4 aromatic rings. The largest absolute Gasteiger partial charge is 0.379 e. The van der Waals surface area contributed by atoms with Gasteiger partial charge in [0.2, 0.25) is 0 Å². The lowest BCUT2D eigenvalue weighted by Gasteiger charge is -2.27. The van der Waals surface area contributed by atoms with Gasteiger partial charge in [0.25, 0.3) is 11.6 Å². The maximum Gasteiger partial charge on any atom is 0.270 e. The summed E-state index contributed by atoms with van der Waals surface area (Å²) in [4.78, 5) is 34.1. The van der Waals surface area contributed by atoms with Crippen molar-refractivity contribution in [2.75, 3.05) is 44.3 Å². The van der Waals surface area contributed by atoms with Gasteiger partial charge in [0, 0.05) is 48.4 Å². The van der Waals surface area contributed by atoms with E-state index in [1.165, 1.54) is 40.4 Å². The molecule has 3 heterocycles. The van der Waals surface area contributed by atoms with Crippen LogP contribution in [-0.2, 0) is 4.74 Å². The zero-order chi connectivity index (χ0) is 24.5. The van der Waals surface area contributed by atoms with Crippen molar-refractivity contribution in [3.8, 4) is 0 Å². The molecule has 0 N–H and O–H groups in total. The number of anilines is 1. The third-order valence-electron chi connectivity index (χ3n) is 6.43. The van der Waals surface area contributed by atoms with E-state index < -0.39 is 4.92 Å². The highest BCUT2D eigenvalue weighted by molar-refractivity contribution is 7.23. The molecule has 0 bridgehead atoms. The summed E-state index contributed by atoms with van der Waals surface area (Å²) < 4.78 is 7.35. The summed E-state index contributed by atoms with van der Waals surface area (Å²) in [6.07, 6.45) is 0.816. The first-order valence-corrected chi connectivity index (χ1v) is 13.2. The van der Waals surface area contributed by atoms with Crippen molar-refractivity contribution >= 4 is 59.7 Å². The quantitative estimate of drug-likeness (QED) is 0.244. The van der Waals surface area contributed by atoms with Crippen molar-refractivity contribution in [2.45, 2.75) is 20.3 Å². The highest BCUT2D eigenvalue weighted by Gasteiger charge is 2.24. The molecule has 0 saturated carbocycles. The number of hydrogen-bond acceptors (Lipinski definition) is 8.